The van der Waals surface area contributed by atoms with Gasteiger partial charge in [0.05, 0.1) is 16.9 Å². The second-order valence-electron chi connectivity index (χ2n) is 7.92. The highest BCUT2D eigenvalue weighted by atomic mass is 35.5. The Morgan fingerprint density at radius 3 is 2.31 bits per heavy atom. The van der Waals surface area contributed by atoms with Crippen LogP contribution in [0, 0.1) is 5.82 Å². The van der Waals surface area contributed by atoms with E-state index in [2.05, 4.69) is 25.9 Å². The SMILES string of the molecule is O=C(Nc1ccc(NC(=O)c2nc[nH]c2C(=O)N[C@H]2CCN(C(=O)O)C2)cc1)c1ccc(F)cc1Cl. The number of carbonyl (C=O) groups excluding carboxylic acids is 3. The van der Waals surface area contributed by atoms with Crippen LogP contribution in [-0.4, -0.2) is 62.9 Å². The van der Waals surface area contributed by atoms with Crippen molar-refractivity contribution in [1.82, 2.24) is 20.2 Å². The highest BCUT2D eigenvalue weighted by Crippen LogP contribution is 2.20. The maximum Gasteiger partial charge on any atom is 0.407 e. The second kappa shape index (κ2) is 10.4. The number of halogens is 2. The Morgan fingerprint density at radius 2 is 1.69 bits per heavy atom. The molecule has 0 bridgehead atoms. The van der Waals surface area contributed by atoms with Crippen molar-refractivity contribution in [1.29, 1.82) is 0 Å². The van der Waals surface area contributed by atoms with Crippen molar-refractivity contribution in [2.75, 3.05) is 23.7 Å². The first-order valence-corrected chi connectivity index (χ1v) is 11.1. The van der Waals surface area contributed by atoms with Gasteiger partial charge >= 0.3 is 6.09 Å². The molecule has 1 aliphatic rings. The van der Waals surface area contributed by atoms with Crippen LogP contribution in [0.3, 0.4) is 0 Å². The molecule has 0 unspecified atom stereocenters. The Kier molecular flexibility index (Phi) is 7.15. The van der Waals surface area contributed by atoms with Crippen molar-refractivity contribution in [3.63, 3.8) is 0 Å². The topological polar surface area (TPSA) is 157 Å². The van der Waals surface area contributed by atoms with Gasteiger partial charge < -0.3 is 30.9 Å². The van der Waals surface area contributed by atoms with E-state index < -0.39 is 29.6 Å². The molecule has 1 fully saturated rings. The highest BCUT2D eigenvalue weighted by Gasteiger charge is 2.29. The van der Waals surface area contributed by atoms with E-state index in [4.69, 9.17) is 16.7 Å². The summed E-state index contributed by atoms with van der Waals surface area (Å²) in [7, 11) is 0. The lowest BCUT2D eigenvalue weighted by atomic mass is 10.2. The molecule has 5 N–H and O–H groups in total. The van der Waals surface area contributed by atoms with Crippen LogP contribution < -0.4 is 16.0 Å². The Morgan fingerprint density at radius 1 is 1.03 bits per heavy atom. The lowest BCUT2D eigenvalue weighted by molar-refractivity contribution is 0.0919. The largest absolute Gasteiger partial charge is 0.465 e. The summed E-state index contributed by atoms with van der Waals surface area (Å²) in [6.45, 7) is 0.469. The van der Waals surface area contributed by atoms with Crippen LogP contribution in [0.5, 0.6) is 0 Å². The van der Waals surface area contributed by atoms with Crippen LogP contribution in [-0.2, 0) is 0 Å². The molecule has 36 heavy (non-hydrogen) atoms. The third kappa shape index (κ3) is 5.61. The summed E-state index contributed by atoms with van der Waals surface area (Å²) in [5, 5.41) is 17.0. The number of rotatable bonds is 6. The van der Waals surface area contributed by atoms with E-state index in [1.54, 1.807) is 0 Å². The molecule has 11 nitrogen and oxygen atoms in total. The number of carbonyl (C=O) groups is 4. The lowest BCUT2D eigenvalue weighted by Gasteiger charge is -2.14. The van der Waals surface area contributed by atoms with Crippen LogP contribution in [0.25, 0.3) is 0 Å². The molecule has 1 aromatic heterocycles. The smallest absolute Gasteiger partial charge is 0.407 e. The Bertz CT molecular complexity index is 1330. The van der Waals surface area contributed by atoms with Gasteiger partial charge in [-0.25, -0.2) is 14.2 Å². The molecule has 2 aromatic carbocycles. The number of aromatic amines is 1. The first-order chi connectivity index (χ1) is 17.2. The molecule has 3 aromatic rings. The molecule has 0 spiro atoms. The summed E-state index contributed by atoms with van der Waals surface area (Å²) in [5.74, 6) is -2.31. The fourth-order valence-electron chi connectivity index (χ4n) is 3.65. The number of aromatic nitrogens is 2. The number of anilines is 2. The van der Waals surface area contributed by atoms with E-state index in [0.717, 1.165) is 12.1 Å². The van der Waals surface area contributed by atoms with Gasteiger partial charge in [0.25, 0.3) is 17.7 Å². The molecular formula is C23H20ClFN6O5. The summed E-state index contributed by atoms with van der Waals surface area (Å²) in [6.07, 6.45) is 0.615. The minimum absolute atomic E-state index is 0.0256. The molecule has 0 radical (unpaired) electrons. The monoisotopic (exact) mass is 514 g/mol. The van der Waals surface area contributed by atoms with E-state index in [-0.39, 0.29) is 34.6 Å². The van der Waals surface area contributed by atoms with Crippen LogP contribution in [0.2, 0.25) is 5.02 Å². The van der Waals surface area contributed by atoms with E-state index in [0.29, 0.717) is 24.3 Å². The van der Waals surface area contributed by atoms with Gasteiger partial charge in [0, 0.05) is 30.5 Å². The minimum atomic E-state index is -1.06. The maximum atomic E-state index is 13.2. The molecule has 1 aliphatic heterocycles. The predicted octanol–water partition coefficient (Wildman–Crippen LogP) is 3.19. The maximum absolute atomic E-state index is 13.2. The molecule has 4 amide bonds. The first-order valence-electron chi connectivity index (χ1n) is 10.7. The number of nitrogens with zero attached hydrogens (tertiary/aromatic N) is 2. The summed E-state index contributed by atoms with van der Waals surface area (Å²) < 4.78 is 13.2. The zero-order chi connectivity index (χ0) is 25.8. The molecule has 0 saturated carbocycles. The molecule has 1 atom stereocenters. The fraction of sp³-hybridized carbons (Fsp3) is 0.174. The number of imidazole rings is 1. The zero-order valence-electron chi connectivity index (χ0n) is 18.5. The Hall–Kier alpha value is -4.45. The number of hydrogen-bond acceptors (Lipinski definition) is 5. The normalized spacial score (nSPS) is 14.8. The summed E-state index contributed by atoms with van der Waals surface area (Å²) in [6, 6.07) is 9.21. The molecule has 186 valence electrons. The zero-order valence-corrected chi connectivity index (χ0v) is 19.3. The van der Waals surface area contributed by atoms with Crippen molar-refractivity contribution < 1.29 is 28.7 Å². The number of likely N-dealkylation sites (tertiary alicyclic amines) is 1. The van der Waals surface area contributed by atoms with E-state index in [1.165, 1.54) is 41.6 Å². The molecule has 2 heterocycles. The van der Waals surface area contributed by atoms with Crippen LogP contribution in [0.1, 0.15) is 37.8 Å². The average Bonchev–Trinajstić information content (AvgIpc) is 3.50. The second-order valence-corrected chi connectivity index (χ2v) is 8.33. The molecule has 1 saturated heterocycles. The Labute approximate surface area is 208 Å². The first kappa shape index (κ1) is 24.7. The number of H-pyrrole nitrogens is 1. The van der Waals surface area contributed by atoms with Gasteiger partial charge in [0.15, 0.2) is 5.69 Å². The quantitative estimate of drug-likeness (QED) is 0.340. The number of carboxylic acid groups (broad SMARTS) is 1. The third-order valence-corrected chi connectivity index (χ3v) is 5.76. The van der Waals surface area contributed by atoms with Gasteiger partial charge in [0.1, 0.15) is 11.5 Å². The Balaban J connectivity index is 1.36. The lowest BCUT2D eigenvalue weighted by Crippen LogP contribution is -2.39. The van der Waals surface area contributed by atoms with E-state index >= 15 is 0 Å². The number of amides is 4. The van der Waals surface area contributed by atoms with Crippen molar-refractivity contribution in [2.24, 2.45) is 0 Å². The summed E-state index contributed by atoms with van der Waals surface area (Å²) >= 11 is 5.91. The van der Waals surface area contributed by atoms with Crippen LogP contribution in [0.4, 0.5) is 20.6 Å². The van der Waals surface area contributed by atoms with E-state index in [1.807, 2.05) is 0 Å². The van der Waals surface area contributed by atoms with Gasteiger partial charge in [-0.1, -0.05) is 11.6 Å². The number of hydrogen-bond donors (Lipinski definition) is 5. The van der Waals surface area contributed by atoms with Gasteiger partial charge in [-0.2, -0.15) is 0 Å². The fourth-order valence-corrected chi connectivity index (χ4v) is 3.90. The third-order valence-electron chi connectivity index (χ3n) is 5.45. The van der Waals surface area contributed by atoms with Crippen LogP contribution >= 0.6 is 11.6 Å². The number of nitrogens with one attached hydrogen (secondary N) is 4. The summed E-state index contributed by atoms with van der Waals surface area (Å²) in [4.78, 5) is 56.5. The van der Waals surface area contributed by atoms with E-state index in [9.17, 15) is 23.6 Å². The summed E-state index contributed by atoms with van der Waals surface area (Å²) in [5.41, 5.74) is 0.698. The minimum Gasteiger partial charge on any atom is -0.465 e. The van der Waals surface area contributed by atoms with Crippen molar-refractivity contribution in [2.45, 2.75) is 12.5 Å². The van der Waals surface area contributed by atoms with Crippen LogP contribution in [0.15, 0.2) is 48.8 Å². The molecular weight excluding hydrogens is 495 g/mol. The van der Waals surface area contributed by atoms with Gasteiger partial charge in [-0.3, -0.25) is 14.4 Å². The molecule has 13 heteroatoms. The molecule has 0 aliphatic carbocycles. The van der Waals surface area contributed by atoms with Gasteiger partial charge in [-0.05, 0) is 48.9 Å². The standard InChI is InChI=1S/C23H20ClFN6O5/c24-17-9-12(25)1-6-16(17)20(32)28-13-2-4-14(5-3-13)29-21(33)18-19(27-11-26-18)22(34)30-15-7-8-31(10-15)23(35)36/h1-6,9,11,15H,7-8,10H2,(H,26,27)(H,28,32)(H,29,33)(H,30,34)(H,35,36)/t15-/m0/s1. The van der Waals surface area contributed by atoms with Crippen molar-refractivity contribution in [3.05, 3.63) is 76.6 Å². The van der Waals surface area contributed by atoms with Crippen molar-refractivity contribution >= 4 is 46.8 Å². The average molecular weight is 515 g/mol. The highest BCUT2D eigenvalue weighted by molar-refractivity contribution is 6.34. The molecule has 4 rings (SSSR count). The number of benzene rings is 2. The van der Waals surface area contributed by atoms with Gasteiger partial charge in [0.2, 0.25) is 0 Å². The predicted molar refractivity (Wildman–Crippen MR) is 128 cm³/mol. The van der Waals surface area contributed by atoms with Gasteiger partial charge in [-0.15, -0.1) is 0 Å². The van der Waals surface area contributed by atoms with Crippen molar-refractivity contribution in [3.8, 4) is 0 Å².